The van der Waals surface area contributed by atoms with Crippen LogP contribution in [0, 0.1) is 0 Å². The first-order valence-electron chi connectivity index (χ1n) is 5.19. The van der Waals surface area contributed by atoms with Crippen molar-refractivity contribution in [2.45, 2.75) is 58.6 Å². The van der Waals surface area contributed by atoms with Gasteiger partial charge >= 0.3 is 0 Å². The molecule has 1 amide bonds. The Morgan fingerprint density at radius 2 is 1.64 bits per heavy atom. The predicted molar refractivity (Wildman–Crippen MR) is 58.2 cm³/mol. The van der Waals surface area contributed by atoms with Crippen LogP contribution in [0.5, 0.6) is 0 Å². The number of rotatable bonds is 5. The van der Waals surface area contributed by atoms with Gasteiger partial charge in [-0.2, -0.15) is 0 Å². The third-order valence-corrected chi connectivity index (χ3v) is 3.03. The van der Waals surface area contributed by atoms with Gasteiger partial charge in [0.1, 0.15) is 5.60 Å². The van der Waals surface area contributed by atoms with E-state index in [0.717, 1.165) is 12.8 Å². The molecular weight excluding hydrogens is 178 g/mol. The van der Waals surface area contributed by atoms with Gasteiger partial charge in [0.05, 0.1) is 0 Å². The second-order valence-corrected chi connectivity index (χ2v) is 4.44. The van der Waals surface area contributed by atoms with Crippen molar-refractivity contribution in [3.05, 3.63) is 0 Å². The van der Waals surface area contributed by atoms with Crippen LogP contribution in [0.4, 0.5) is 0 Å². The minimum Gasteiger partial charge on any atom is -0.369 e. The van der Waals surface area contributed by atoms with Crippen LogP contribution >= 0.6 is 0 Å². The van der Waals surface area contributed by atoms with Crippen molar-refractivity contribution in [3.8, 4) is 0 Å². The molecular formula is C11H23NO2. The molecule has 3 nitrogen and oxygen atoms in total. The minimum atomic E-state index is -0.744. The Hall–Kier alpha value is -0.570. The highest BCUT2D eigenvalue weighted by atomic mass is 16.5. The lowest BCUT2D eigenvalue weighted by Crippen LogP contribution is -2.53. The van der Waals surface area contributed by atoms with Crippen LogP contribution in [-0.2, 0) is 9.53 Å². The van der Waals surface area contributed by atoms with Gasteiger partial charge in [-0.3, -0.25) is 4.79 Å². The van der Waals surface area contributed by atoms with E-state index in [1.807, 2.05) is 0 Å². The summed E-state index contributed by atoms with van der Waals surface area (Å²) in [6.07, 6.45) is 1.85. The molecule has 0 aromatic rings. The van der Waals surface area contributed by atoms with Crippen LogP contribution in [0.25, 0.3) is 0 Å². The van der Waals surface area contributed by atoms with E-state index in [1.165, 1.54) is 0 Å². The zero-order valence-electron chi connectivity index (χ0n) is 10.2. The Morgan fingerprint density at radius 3 is 1.93 bits per heavy atom. The van der Waals surface area contributed by atoms with Crippen LogP contribution in [0.1, 0.15) is 47.5 Å². The molecule has 0 rings (SSSR count). The summed E-state index contributed by atoms with van der Waals surface area (Å²) in [7, 11) is 1.55. The fourth-order valence-electron chi connectivity index (χ4n) is 0.944. The Kier molecular flexibility index (Phi) is 4.59. The molecule has 0 aliphatic rings. The van der Waals surface area contributed by atoms with E-state index in [0.29, 0.717) is 0 Å². The summed E-state index contributed by atoms with van der Waals surface area (Å²) in [6, 6.07) is 0. The standard InChI is InChI=1S/C11H23NO2/c1-7-11(5,8-2)12-9(13)10(3,4)14-6/h7-8H2,1-6H3,(H,12,13). The summed E-state index contributed by atoms with van der Waals surface area (Å²) < 4.78 is 5.12. The number of hydrogen-bond acceptors (Lipinski definition) is 2. The third-order valence-electron chi connectivity index (χ3n) is 3.03. The molecule has 0 heterocycles. The van der Waals surface area contributed by atoms with Crippen LogP contribution in [0.15, 0.2) is 0 Å². The average Bonchev–Trinajstić information content (AvgIpc) is 2.17. The fourth-order valence-corrected chi connectivity index (χ4v) is 0.944. The summed E-state index contributed by atoms with van der Waals surface area (Å²) in [6.45, 7) is 9.74. The maximum atomic E-state index is 11.8. The van der Waals surface area contributed by atoms with Gasteiger partial charge in [0, 0.05) is 12.6 Å². The monoisotopic (exact) mass is 201 g/mol. The predicted octanol–water partition coefficient (Wildman–Crippen LogP) is 2.11. The van der Waals surface area contributed by atoms with Gasteiger partial charge in [-0.25, -0.2) is 0 Å². The minimum absolute atomic E-state index is 0.0498. The highest BCUT2D eigenvalue weighted by molar-refractivity contribution is 5.84. The summed E-state index contributed by atoms with van der Waals surface area (Å²) in [5.41, 5.74) is -0.863. The molecule has 0 aromatic carbocycles. The van der Waals surface area contributed by atoms with Crippen molar-refractivity contribution in [2.24, 2.45) is 0 Å². The van der Waals surface area contributed by atoms with Crippen LogP contribution in [-0.4, -0.2) is 24.2 Å². The van der Waals surface area contributed by atoms with Crippen LogP contribution in [0.2, 0.25) is 0 Å². The summed E-state index contributed by atoms with van der Waals surface area (Å²) in [5.74, 6) is -0.0498. The van der Waals surface area contributed by atoms with Gasteiger partial charge < -0.3 is 10.1 Å². The molecule has 0 saturated heterocycles. The van der Waals surface area contributed by atoms with E-state index < -0.39 is 5.60 Å². The number of ether oxygens (including phenoxy) is 1. The van der Waals surface area contributed by atoms with Gasteiger partial charge in [-0.15, -0.1) is 0 Å². The lowest BCUT2D eigenvalue weighted by molar-refractivity contribution is -0.141. The summed E-state index contributed by atoms with van der Waals surface area (Å²) in [4.78, 5) is 11.8. The van der Waals surface area contributed by atoms with E-state index in [1.54, 1.807) is 21.0 Å². The van der Waals surface area contributed by atoms with Crippen molar-refractivity contribution < 1.29 is 9.53 Å². The molecule has 84 valence electrons. The molecule has 0 aliphatic heterocycles. The number of hydrogen-bond donors (Lipinski definition) is 1. The van der Waals surface area contributed by atoms with Crippen molar-refractivity contribution in [2.75, 3.05) is 7.11 Å². The largest absolute Gasteiger partial charge is 0.369 e. The zero-order chi connectivity index (χ0) is 11.4. The van der Waals surface area contributed by atoms with Crippen molar-refractivity contribution >= 4 is 5.91 Å². The molecule has 0 aliphatic carbocycles. The molecule has 0 atom stereocenters. The third kappa shape index (κ3) is 3.29. The van der Waals surface area contributed by atoms with Crippen molar-refractivity contribution in [1.29, 1.82) is 0 Å². The zero-order valence-corrected chi connectivity index (χ0v) is 10.2. The smallest absolute Gasteiger partial charge is 0.252 e. The first-order valence-corrected chi connectivity index (χ1v) is 5.19. The number of amides is 1. The Bertz CT molecular complexity index is 195. The topological polar surface area (TPSA) is 38.3 Å². The van der Waals surface area contributed by atoms with Crippen LogP contribution < -0.4 is 5.32 Å². The molecule has 0 saturated carbocycles. The second kappa shape index (κ2) is 4.78. The van der Waals surface area contributed by atoms with Crippen molar-refractivity contribution in [3.63, 3.8) is 0 Å². The second-order valence-electron chi connectivity index (χ2n) is 4.44. The highest BCUT2D eigenvalue weighted by Crippen LogP contribution is 2.16. The quantitative estimate of drug-likeness (QED) is 0.739. The van der Waals surface area contributed by atoms with Gasteiger partial charge in [0.2, 0.25) is 0 Å². The molecule has 0 fully saturated rings. The summed E-state index contributed by atoms with van der Waals surface area (Å²) >= 11 is 0. The van der Waals surface area contributed by atoms with E-state index >= 15 is 0 Å². The van der Waals surface area contributed by atoms with E-state index in [4.69, 9.17) is 4.74 Å². The molecule has 3 heteroatoms. The van der Waals surface area contributed by atoms with E-state index in [9.17, 15) is 4.79 Å². The number of methoxy groups -OCH3 is 1. The molecule has 0 aromatic heterocycles. The van der Waals surface area contributed by atoms with Gasteiger partial charge in [-0.05, 0) is 33.6 Å². The molecule has 0 unspecified atom stereocenters. The Morgan fingerprint density at radius 1 is 1.21 bits per heavy atom. The van der Waals surface area contributed by atoms with Crippen molar-refractivity contribution in [1.82, 2.24) is 5.32 Å². The number of carbonyl (C=O) groups excluding carboxylic acids is 1. The molecule has 1 N–H and O–H groups in total. The first-order chi connectivity index (χ1) is 6.31. The highest BCUT2D eigenvalue weighted by Gasteiger charge is 2.32. The maximum absolute atomic E-state index is 11.8. The lowest BCUT2D eigenvalue weighted by atomic mass is 9.94. The average molecular weight is 201 g/mol. The first kappa shape index (κ1) is 13.4. The van der Waals surface area contributed by atoms with Gasteiger partial charge in [0.25, 0.3) is 5.91 Å². The lowest BCUT2D eigenvalue weighted by Gasteiger charge is -2.32. The molecule has 0 bridgehead atoms. The summed E-state index contributed by atoms with van der Waals surface area (Å²) in [5, 5.41) is 3.02. The Labute approximate surface area is 87.2 Å². The van der Waals surface area contributed by atoms with E-state index in [-0.39, 0.29) is 11.4 Å². The van der Waals surface area contributed by atoms with Gasteiger partial charge in [0.15, 0.2) is 0 Å². The number of nitrogens with one attached hydrogen (secondary N) is 1. The van der Waals surface area contributed by atoms with E-state index in [2.05, 4.69) is 26.1 Å². The molecule has 0 spiro atoms. The normalized spacial score (nSPS) is 12.7. The SMILES string of the molecule is CCC(C)(CC)NC(=O)C(C)(C)OC. The molecule has 0 radical (unpaired) electrons. The maximum Gasteiger partial charge on any atom is 0.252 e. The number of carbonyl (C=O) groups is 1. The molecule has 14 heavy (non-hydrogen) atoms. The Balaban J connectivity index is 4.45. The van der Waals surface area contributed by atoms with Gasteiger partial charge in [-0.1, -0.05) is 13.8 Å². The fraction of sp³-hybridized carbons (Fsp3) is 0.909. The van der Waals surface area contributed by atoms with Crippen LogP contribution in [0.3, 0.4) is 0 Å².